The van der Waals surface area contributed by atoms with Gasteiger partial charge in [0, 0.05) is 19.6 Å². The Bertz CT molecular complexity index is 379. The van der Waals surface area contributed by atoms with E-state index < -0.39 is 0 Å². The summed E-state index contributed by atoms with van der Waals surface area (Å²) in [4.78, 5) is 4.57. The molecule has 1 aromatic carbocycles. The van der Waals surface area contributed by atoms with Crippen LogP contribution in [0.4, 0.5) is 5.69 Å². The first-order chi connectivity index (χ1) is 8.20. The molecule has 94 valence electrons. The molecule has 1 heterocycles. The van der Waals surface area contributed by atoms with Crippen LogP contribution >= 0.6 is 0 Å². The Balaban J connectivity index is 2.14. The van der Waals surface area contributed by atoms with Crippen LogP contribution in [0.1, 0.15) is 5.56 Å². The van der Waals surface area contributed by atoms with Gasteiger partial charge in [0.2, 0.25) is 0 Å². The molecule has 1 aliphatic rings. The van der Waals surface area contributed by atoms with E-state index in [4.69, 9.17) is 10.5 Å². The summed E-state index contributed by atoms with van der Waals surface area (Å²) in [6, 6.07) is 6.25. The Labute approximate surface area is 103 Å². The molecule has 2 N–H and O–H groups in total. The number of benzene rings is 1. The topological polar surface area (TPSA) is 41.7 Å². The highest BCUT2D eigenvalue weighted by atomic mass is 16.5. The van der Waals surface area contributed by atoms with Gasteiger partial charge in [-0.2, -0.15) is 0 Å². The first-order valence-electron chi connectivity index (χ1n) is 6.06. The van der Waals surface area contributed by atoms with E-state index in [0.717, 1.165) is 37.6 Å². The van der Waals surface area contributed by atoms with Crippen LogP contribution in [0.2, 0.25) is 0 Å². The van der Waals surface area contributed by atoms with Crippen molar-refractivity contribution in [3.63, 3.8) is 0 Å². The third-order valence-corrected chi connectivity index (χ3v) is 3.04. The normalized spacial score (nSPS) is 14.7. The van der Waals surface area contributed by atoms with E-state index in [1.54, 1.807) is 0 Å². The van der Waals surface area contributed by atoms with Crippen LogP contribution in [0.15, 0.2) is 18.2 Å². The first-order valence-corrected chi connectivity index (χ1v) is 6.06. The molecule has 4 nitrogen and oxygen atoms in total. The SMILES string of the molecule is CN(C)CCN1CCOc2cc(CN)ccc21. The maximum atomic E-state index is 5.69. The second-order valence-corrected chi connectivity index (χ2v) is 4.64. The van der Waals surface area contributed by atoms with Crippen molar-refractivity contribution in [3.8, 4) is 5.75 Å². The summed E-state index contributed by atoms with van der Waals surface area (Å²) >= 11 is 0. The fourth-order valence-corrected chi connectivity index (χ4v) is 2.00. The molecule has 0 atom stereocenters. The van der Waals surface area contributed by atoms with E-state index >= 15 is 0 Å². The number of nitrogens with two attached hydrogens (primary N) is 1. The van der Waals surface area contributed by atoms with Crippen molar-refractivity contribution in [1.82, 2.24) is 4.90 Å². The molecule has 0 bridgehead atoms. The summed E-state index contributed by atoms with van der Waals surface area (Å²) < 4.78 is 5.69. The lowest BCUT2D eigenvalue weighted by Gasteiger charge is -2.32. The minimum Gasteiger partial charge on any atom is -0.490 e. The van der Waals surface area contributed by atoms with Gasteiger partial charge >= 0.3 is 0 Å². The van der Waals surface area contributed by atoms with Crippen LogP contribution in [-0.4, -0.2) is 45.2 Å². The fourth-order valence-electron chi connectivity index (χ4n) is 2.00. The molecule has 0 radical (unpaired) electrons. The summed E-state index contributed by atoms with van der Waals surface area (Å²) in [5.41, 5.74) is 7.95. The summed E-state index contributed by atoms with van der Waals surface area (Å²) in [5.74, 6) is 0.970. The van der Waals surface area contributed by atoms with E-state index in [-0.39, 0.29) is 0 Å². The molecule has 0 saturated heterocycles. The van der Waals surface area contributed by atoms with Gasteiger partial charge < -0.3 is 20.3 Å². The van der Waals surface area contributed by atoms with Gasteiger partial charge in [-0.15, -0.1) is 0 Å². The predicted octanol–water partition coefficient (Wildman–Crippen LogP) is 0.906. The number of ether oxygens (including phenoxy) is 1. The molecule has 1 aromatic rings. The Kier molecular flexibility index (Phi) is 3.86. The molecule has 0 aliphatic carbocycles. The van der Waals surface area contributed by atoms with Crippen LogP contribution in [0.25, 0.3) is 0 Å². The van der Waals surface area contributed by atoms with E-state index in [1.165, 1.54) is 5.69 Å². The quantitative estimate of drug-likeness (QED) is 0.842. The van der Waals surface area contributed by atoms with Gasteiger partial charge in [-0.25, -0.2) is 0 Å². The average molecular weight is 235 g/mol. The number of nitrogens with zero attached hydrogens (tertiary/aromatic N) is 2. The molecule has 0 saturated carbocycles. The maximum absolute atomic E-state index is 5.69. The van der Waals surface area contributed by atoms with Gasteiger partial charge in [0.25, 0.3) is 0 Å². The highest BCUT2D eigenvalue weighted by Gasteiger charge is 2.17. The van der Waals surface area contributed by atoms with Gasteiger partial charge in [0.15, 0.2) is 0 Å². The highest BCUT2D eigenvalue weighted by molar-refractivity contribution is 5.61. The van der Waals surface area contributed by atoms with Crippen molar-refractivity contribution in [2.45, 2.75) is 6.54 Å². The van der Waals surface area contributed by atoms with Crippen LogP contribution in [-0.2, 0) is 6.54 Å². The van der Waals surface area contributed by atoms with E-state index in [9.17, 15) is 0 Å². The zero-order chi connectivity index (χ0) is 12.3. The third-order valence-electron chi connectivity index (χ3n) is 3.04. The summed E-state index contributed by atoms with van der Waals surface area (Å²) in [6.07, 6.45) is 0. The van der Waals surface area contributed by atoms with Gasteiger partial charge in [-0.3, -0.25) is 0 Å². The van der Waals surface area contributed by atoms with Gasteiger partial charge in [-0.05, 0) is 31.8 Å². The van der Waals surface area contributed by atoms with Crippen molar-refractivity contribution < 1.29 is 4.74 Å². The minimum atomic E-state index is 0.564. The zero-order valence-electron chi connectivity index (χ0n) is 10.6. The van der Waals surface area contributed by atoms with Gasteiger partial charge in [-0.1, -0.05) is 6.07 Å². The second-order valence-electron chi connectivity index (χ2n) is 4.64. The highest BCUT2D eigenvalue weighted by Crippen LogP contribution is 2.32. The monoisotopic (exact) mass is 235 g/mol. The molecule has 0 amide bonds. The van der Waals surface area contributed by atoms with Crippen LogP contribution in [0, 0.1) is 0 Å². The Morgan fingerprint density at radius 3 is 2.94 bits per heavy atom. The van der Waals surface area contributed by atoms with Gasteiger partial charge in [0.1, 0.15) is 12.4 Å². The number of anilines is 1. The second kappa shape index (κ2) is 5.38. The lowest BCUT2D eigenvalue weighted by Crippen LogP contribution is -2.37. The zero-order valence-corrected chi connectivity index (χ0v) is 10.6. The number of likely N-dealkylation sites (N-methyl/N-ethyl adjacent to an activating group) is 1. The number of hydrogen-bond acceptors (Lipinski definition) is 4. The largest absolute Gasteiger partial charge is 0.490 e. The fraction of sp³-hybridized carbons (Fsp3) is 0.538. The predicted molar refractivity (Wildman–Crippen MR) is 70.6 cm³/mol. The average Bonchev–Trinajstić information content (AvgIpc) is 2.35. The first kappa shape index (κ1) is 12.2. The van der Waals surface area contributed by atoms with Gasteiger partial charge in [0.05, 0.1) is 12.2 Å². The molecular formula is C13H21N3O. The maximum Gasteiger partial charge on any atom is 0.143 e. The Morgan fingerprint density at radius 2 is 2.24 bits per heavy atom. The van der Waals surface area contributed by atoms with Crippen molar-refractivity contribution in [1.29, 1.82) is 0 Å². The number of fused-ring (bicyclic) bond motifs is 1. The molecule has 17 heavy (non-hydrogen) atoms. The number of rotatable bonds is 4. The molecule has 0 unspecified atom stereocenters. The lowest BCUT2D eigenvalue weighted by molar-refractivity contribution is 0.302. The van der Waals surface area contributed by atoms with Crippen LogP contribution in [0.5, 0.6) is 5.75 Å². The van der Waals surface area contributed by atoms with E-state index in [2.05, 4.69) is 42.1 Å². The Hall–Kier alpha value is -1.26. The van der Waals surface area contributed by atoms with Crippen molar-refractivity contribution in [2.24, 2.45) is 5.73 Å². The summed E-state index contributed by atoms with van der Waals surface area (Å²) in [7, 11) is 4.19. The van der Waals surface area contributed by atoms with Crippen molar-refractivity contribution in [3.05, 3.63) is 23.8 Å². The molecule has 0 spiro atoms. The Morgan fingerprint density at radius 1 is 1.41 bits per heavy atom. The van der Waals surface area contributed by atoms with E-state index in [1.807, 2.05) is 0 Å². The molecule has 4 heteroatoms. The standard InChI is InChI=1S/C13H21N3O/c1-15(2)5-6-16-7-8-17-13-9-11(10-14)3-4-12(13)16/h3-4,9H,5-8,10,14H2,1-2H3. The summed E-state index contributed by atoms with van der Waals surface area (Å²) in [5, 5.41) is 0. The molecule has 0 aromatic heterocycles. The number of hydrogen-bond donors (Lipinski definition) is 1. The molecular weight excluding hydrogens is 214 g/mol. The minimum absolute atomic E-state index is 0.564. The lowest BCUT2D eigenvalue weighted by atomic mass is 10.1. The summed E-state index contributed by atoms with van der Waals surface area (Å²) in [6.45, 7) is 4.37. The smallest absolute Gasteiger partial charge is 0.143 e. The molecule has 1 aliphatic heterocycles. The van der Waals surface area contributed by atoms with Crippen molar-refractivity contribution >= 4 is 5.69 Å². The van der Waals surface area contributed by atoms with Crippen LogP contribution < -0.4 is 15.4 Å². The van der Waals surface area contributed by atoms with Crippen LogP contribution in [0.3, 0.4) is 0 Å². The molecule has 0 fully saturated rings. The van der Waals surface area contributed by atoms with E-state index in [0.29, 0.717) is 6.54 Å². The molecule has 2 rings (SSSR count). The van der Waals surface area contributed by atoms with Crippen molar-refractivity contribution in [2.75, 3.05) is 45.2 Å². The third kappa shape index (κ3) is 2.90.